The van der Waals surface area contributed by atoms with Gasteiger partial charge in [-0.25, -0.2) is 0 Å². The normalized spacial score (nSPS) is 27.1. The number of carbonyl (C=O) groups excluding carboxylic acids is 4. The molecule has 0 radical (unpaired) electrons. The number of carbonyl (C=O) groups is 4. The fraction of sp³-hybridized carbons (Fsp3) is 0.810. The van der Waals surface area contributed by atoms with Crippen molar-refractivity contribution in [2.45, 2.75) is 79.2 Å². The topological polar surface area (TPSA) is 88.5 Å². The highest BCUT2D eigenvalue weighted by molar-refractivity contribution is 6.35. The predicted octanol–water partition coefficient (Wildman–Crippen LogP) is 3.16. The SMILES string of the molecule is CC(C)CCC1C(=O)C(C(=O)CC(C)C)C(=O)C(O)(CCC(C)C)C1=O. The van der Waals surface area contributed by atoms with Crippen LogP contribution in [0.25, 0.3) is 0 Å². The molecule has 1 rings (SSSR count). The Balaban J connectivity index is 3.24. The monoisotopic (exact) mass is 366 g/mol. The molecule has 5 heteroatoms. The summed E-state index contributed by atoms with van der Waals surface area (Å²) in [5.41, 5.74) is -2.21. The van der Waals surface area contributed by atoms with Gasteiger partial charge in [-0.05, 0) is 43.4 Å². The highest BCUT2D eigenvalue weighted by Crippen LogP contribution is 2.36. The van der Waals surface area contributed by atoms with Crippen LogP contribution in [-0.4, -0.2) is 33.8 Å². The molecule has 0 aromatic rings. The van der Waals surface area contributed by atoms with Gasteiger partial charge in [-0.2, -0.15) is 0 Å². The summed E-state index contributed by atoms with van der Waals surface area (Å²) >= 11 is 0. The maximum atomic E-state index is 12.9. The van der Waals surface area contributed by atoms with Crippen molar-refractivity contribution in [2.24, 2.45) is 29.6 Å². The van der Waals surface area contributed by atoms with Gasteiger partial charge in [-0.3, -0.25) is 19.2 Å². The third-order valence-corrected chi connectivity index (χ3v) is 5.07. The van der Waals surface area contributed by atoms with Gasteiger partial charge in [-0.15, -0.1) is 0 Å². The molecule has 0 saturated heterocycles. The molecule has 0 heterocycles. The fourth-order valence-corrected chi connectivity index (χ4v) is 3.45. The molecular formula is C21H34O5. The van der Waals surface area contributed by atoms with Crippen molar-refractivity contribution >= 4 is 23.1 Å². The second-order valence-corrected chi connectivity index (χ2v) is 8.94. The average Bonchev–Trinajstić information content (AvgIpc) is 2.50. The molecule has 1 aliphatic carbocycles. The summed E-state index contributed by atoms with van der Waals surface area (Å²) in [7, 11) is 0. The third-order valence-electron chi connectivity index (χ3n) is 5.07. The Labute approximate surface area is 156 Å². The van der Waals surface area contributed by atoms with Crippen molar-refractivity contribution in [3.63, 3.8) is 0 Å². The van der Waals surface area contributed by atoms with Gasteiger partial charge in [0.1, 0.15) is 5.92 Å². The molecular weight excluding hydrogens is 332 g/mol. The maximum Gasteiger partial charge on any atom is 0.189 e. The highest BCUT2D eigenvalue weighted by Gasteiger charge is 2.59. The van der Waals surface area contributed by atoms with Gasteiger partial charge in [0.2, 0.25) is 0 Å². The van der Waals surface area contributed by atoms with E-state index in [1.807, 2.05) is 41.5 Å². The van der Waals surface area contributed by atoms with E-state index in [4.69, 9.17) is 0 Å². The first-order valence-electron chi connectivity index (χ1n) is 9.79. The molecule has 0 aliphatic heterocycles. The second kappa shape index (κ2) is 9.03. The lowest BCUT2D eigenvalue weighted by Crippen LogP contribution is -2.62. The Morgan fingerprint density at radius 3 is 1.92 bits per heavy atom. The molecule has 0 amide bonds. The summed E-state index contributed by atoms with van der Waals surface area (Å²) < 4.78 is 0. The van der Waals surface area contributed by atoms with E-state index >= 15 is 0 Å². The van der Waals surface area contributed by atoms with Crippen LogP contribution in [0.15, 0.2) is 0 Å². The third kappa shape index (κ3) is 5.09. The van der Waals surface area contributed by atoms with Gasteiger partial charge in [-0.1, -0.05) is 41.5 Å². The minimum Gasteiger partial charge on any atom is -0.374 e. The number of ketones is 4. The van der Waals surface area contributed by atoms with Crippen molar-refractivity contribution in [1.82, 2.24) is 0 Å². The zero-order valence-electron chi connectivity index (χ0n) is 17.0. The first-order chi connectivity index (χ1) is 11.9. The Bertz CT molecular complexity index is 561. The van der Waals surface area contributed by atoms with E-state index in [2.05, 4.69) is 0 Å². The van der Waals surface area contributed by atoms with Gasteiger partial charge in [0.25, 0.3) is 0 Å². The minimum absolute atomic E-state index is 0.00130. The lowest BCUT2D eigenvalue weighted by Gasteiger charge is -2.37. The van der Waals surface area contributed by atoms with Crippen LogP contribution in [0.4, 0.5) is 0 Å². The van der Waals surface area contributed by atoms with Gasteiger partial charge in [0.05, 0.1) is 5.92 Å². The van der Waals surface area contributed by atoms with E-state index in [0.29, 0.717) is 12.8 Å². The molecule has 0 spiro atoms. The average molecular weight is 366 g/mol. The zero-order valence-corrected chi connectivity index (χ0v) is 17.0. The molecule has 0 aromatic carbocycles. The standard InChI is InChI=1S/C21H34O5/c1-12(2)7-8-15-18(23)17(16(22)11-14(5)6)20(25)21(26,19(15)24)10-9-13(3)4/h12-15,17,26H,7-11H2,1-6H3. The summed E-state index contributed by atoms with van der Waals surface area (Å²) in [5, 5.41) is 11.0. The molecule has 5 nitrogen and oxygen atoms in total. The Morgan fingerprint density at radius 1 is 0.923 bits per heavy atom. The molecule has 1 fully saturated rings. The van der Waals surface area contributed by atoms with Crippen LogP contribution in [0.2, 0.25) is 0 Å². The van der Waals surface area contributed by atoms with Gasteiger partial charge in [0, 0.05) is 6.42 Å². The van der Waals surface area contributed by atoms with Crippen molar-refractivity contribution in [1.29, 1.82) is 0 Å². The molecule has 3 unspecified atom stereocenters. The Hall–Kier alpha value is -1.36. The van der Waals surface area contributed by atoms with Crippen molar-refractivity contribution in [2.75, 3.05) is 0 Å². The van der Waals surface area contributed by atoms with E-state index in [1.54, 1.807) is 0 Å². The van der Waals surface area contributed by atoms with Crippen LogP contribution in [-0.2, 0) is 19.2 Å². The highest BCUT2D eigenvalue weighted by atomic mass is 16.3. The van der Waals surface area contributed by atoms with Crippen LogP contribution in [0, 0.1) is 29.6 Å². The first kappa shape index (κ1) is 22.7. The van der Waals surface area contributed by atoms with Crippen LogP contribution in [0.5, 0.6) is 0 Å². The molecule has 26 heavy (non-hydrogen) atoms. The van der Waals surface area contributed by atoms with Crippen LogP contribution in [0.3, 0.4) is 0 Å². The summed E-state index contributed by atoms with van der Waals surface area (Å²) in [5.74, 6) is -4.78. The molecule has 1 N–H and O–H groups in total. The number of hydrogen-bond donors (Lipinski definition) is 1. The molecule has 1 aliphatic rings. The lowest BCUT2D eigenvalue weighted by atomic mass is 9.64. The molecule has 0 aromatic heterocycles. The number of Topliss-reactive ketones (excluding diaryl/α,β-unsaturated/α-hetero) is 4. The summed E-state index contributed by atoms with van der Waals surface area (Å²) in [4.78, 5) is 51.2. The van der Waals surface area contributed by atoms with E-state index in [-0.39, 0.29) is 37.0 Å². The lowest BCUT2D eigenvalue weighted by molar-refractivity contribution is -0.168. The second-order valence-electron chi connectivity index (χ2n) is 8.94. The van der Waals surface area contributed by atoms with Crippen LogP contribution < -0.4 is 0 Å². The van der Waals surface area contributed by atoms with E-state index in [0.717, 1.165) is 0 Å². The van der Waals surface area contributed by atoms with E-state index in [9.17, 15) is 24.3 Å². The van der Waals surface area contributed by atoms with Crippen LogP contribution >= 0.6 is 0 Å². The molecule has 1 saturated carbocycles. The van der Waals surface area contributed by atoms with Crippen molar-refractivity contribution in [3.8, 4) is 0 Å². The van der Waals surface area contributed by atoms with E-state index in [1.165, 1.54) is 0 Å². The van der Waals surface area contributed by atoms with Crippen LogP contribution in [0.1, 0.15) is 73.6 Å². The Morgan fingerprint density at radius 2 is 1.46 bits per heavy atom. The maximum absolute atomic E-state index is 12.9. The summed E-state index contributed by atoms with van der Waals surface area (Å²) in [6, 6.07) is 0. The fourth-order valence-electron chi connectivity index (χ4n) is 3.45. The first-order valence-corrected chi connectivity index (χ1v) is 9.79. The summed E-state index contributed by atoms with van der Waals surface area (Å²) in [6.45, 7) is 11.5. The van der Waals surface area contributed by atoms with E-state index < -0.39 is 40.6 Å². The zero-order chi connectivity index (χ0) is 20.2. The molecule has 0 bridgehead atoms. The van der Waals surface area contributed by atoms with Crippen molar-refractivity contribution < 1.29 is 24.3 Å². The molecule has 148 valence electrons. The van der Waals surface area contributed by atoms with Gasteiger partial charge < -0.3 is 5.11 Å². The number of aliphatic hydroxyl groups is 1. The van der Waals surface area contributed by atoms with Gasteiger partial charge >= 0.3 is 0 Å². The Kier molecular flexibility index (Phi) is 7.87. The number of hydrogen-bond acceptors (Lipinski definition) is 5. The number of rotatable bonds is 9. The largest absolute Gasteiger partial charge is 0.374 e. The molecule has 3 atom stereocenters. The van der Waals surface area contributed by atoms with Crippen molar-refractivity contribution in [3.05, 3.63) is 0 Å². The quantitative estimate of drug-likeness (QED) is 0.633. The minimum atomic E-state index is -2.21. The summed E-state index contributed by atoms with van der Waals surface area (Å²) in [6.07, 6.45) is 1.44. The smallest absolute Gasteiger partial charge is 0.189 e. The van der Waals surface area contributed by atoms with Gasteiger partial charge in [0.15, 0.2) is 28.7 Å². The predicted molar refractivity (Wildman–Crippen MR) is 99.6 cm³/mol.